The van der Waals surface area contributed by atoms with E-state index < -0.39 is 0 Å². The maximum absolute atomic E-state index is 12.4. The molecule has 2 rings (SSSR count). The number of carbonyl (C=O) groups is 1. The second kappa shape index (κ2) is 9.04. The summed E-state index contributed by atoms with van der Waals surface area (Å²) in [6.07, 6.45) is 2.81. The summed E-state index contributed by atoms with van der Waals surface area (Å²) in [6, 6.07) is 7.51. The summed E-state index contributed by atoms with van der Waals surface area (Å²) in [5, 5.41) is 0. The van der Waals surface area contributed by atoms with Crippen LogP contribution in [0, 0.1) is 5.92 Å². The predicted molar refractivity (Wildman–Crippen MR) is 94.8 cm³/mol. The van der Waals surface area contributed by atoms with Crippen LogP contribution in [-0.2, 0) is 16.1 Å². The molecule has 0 spiro atoms. The summed E-state index contributed by atoms with van der Waals surface area (Å²) in [4.78, 5) is 14.3. The second-order valence-corrected chi connectivity index (χ2v) is 6.56. The highest BCUT2D eigenvalue weighted by Gasteiger charge is 2.28. The third-order valence-corrected chi connectivity index (χ3v) is 4.96. The van der Waals surface area contributed by atoms with Crippen molar-refractivity contribution in [3.8, 4) is 5.75 Å². The van der Waals surface area contributed by atoms with Gasteiger partial charge in [0.1, 0.15) is 5.75 Å². The summed E-state index contributed by atoms with van der Waals surface area (Å²) < 4.78 is 11.4. The van der Waals surface area contributed by atoms with Gasteiger partial charge in [0.15, 0.2) is 0 Å². The zero-order valence-electron chi connectivity index (χ0n) is 15.0. The van der Waals surface area contributed by atoms with E-state index in [2.05, 4.69) is 6.92 Å². The molecular weight excluding hydrogens is 304 g/mol. The van der Waals surface area contributed by atoms with Crippen LogP contribution in [0.4, 0.5) is 0 Å². The van der Waals surface area contributed by atoms with E-state index in [9.17, 15) is 4.79 Å². The molecule has 0 saturated carbocycles. The topological polar surface area (TPSA) is 64.8 Å². The van der Waals surface area contributed by atoms with Crippen molar-refractivity contribution in [2.45, 2.75) is 51.9 Å². The summed E-state index contributed by atoms with van der Waals surface area (Å²) in [6.45, 7) is 6.08. The van der Waals surface area contributed by atoms with Crippen LogP contribution in [-0.4, -0.2) is 43.2 Å². The Morgan fingerprint density at radius 1 is 1.33 bits per heavy atom. The van der Waals surface area contributed by atoms with Gasteiger partial charge in [0.25, 0.3) is 0 Å². The van der Waals surface area contributed by atoms with Crippen molar-refractivity contribution >= 4 is 5.91 Å². The fourth-order valence-electron chi connectivity index (χ4n) is 2.98. The van der Waals surface area contributed by atoms with Gasteiger partial charge in [0.05, 0.1) is 25.9 Å². The maximum Gasteiger partial charge on any atom is 0.239 e. The molecule has 134 valence electrons. The minimum atomic E-state index is -0.388. The van der Waals surface area contributed by atoms with Crippen molar-refractivity contribution < 1.29 is 14.3 Å². The number of amides is 1. The Kier molecular flexibility index (Phi) is 7.06. The lowest BCUT2D eigenvalue weighted by Gasteiger charge is -2.34. The molecule has 1 saturated heterocycles. The number of nitrogens with zero attached hydrogens (tertiary/aromatic N) is 1. The lowest BCUT2D eigenvalue weighted by molar-refractivity contribution is -0.136. The van der Waals surface area contributed by atoms with Crippen molar-refractivity contribution in [1.82, 2.24) is 4.90 Å². The second-order valence-electron chi connectivity index (χ2n) is 6.56. The number of para-hydroxylation sites is 1. The predicted octanol–water partition coefficient (Wildman–Crippen LogP) is 2.58. The SMILES string of the molecule is CCC(C)C(N)C(=O)N1CCC(OCc2ccccc2OC)CC1. The molecule has 24 heavy (non-hydrogen) atoms. The Hall–Kier alpha value is -1.59. The van der Waals surface area contributed by atoms with E-state index in [1.165, 1.54) is 0 Å². The highest BCUT2D eigenvalue weighted by atomic mass is 16.5. The molecular formula is C19H30N2O3. The first-order valence-electron chi connectivity index (χ1n) is 8.84. The highest BCUT2D eigenvalue weighted by molar-refractivity contribution is 5.82. The number of ether oxygens (including phenoxy) is 2. The van der Waals surface area contributed by atoms with Gasteiger partial charge in [-0.25, -0.2) is 0 Å². The third kappa shape index (κ3) is 4.71. The standard InChI is InChI=1S/C19H30N2O3/c1-4-14(2)18(20)19(22)21-11-9-16(10-12-21)24-13-15-7-5-6-8-17(15)23-3/h5-8,14,16,18H,4,9-13,20H2,1-3H3. The van der Waals surface area contributed by atoms with Crippen molar-refractivity contribution in [1.29, 1.82) is 0 Å². The Morgan fingerprint density at radius 2 is 2.00 bits per heavy atom. The molecule has 1 heterocycles. The third-order valence-electron chi connectivity index (χ3n) is 4.96. The number of hydrogen-bond acceptors (Lipinski definition) is 4. The van der Waals surface area contributed by atoms with Crippen LogP contribution in [0.3, 0.4) is 0 Å². The lowest BCUT2D eigenvalue weighted by atomic mass is 9.97. The monoisotopic (exact) mass is 334 g/mol. The van der Waals surface area contributed by atoms with E-state index in [1.807, 2.05) is 36.1 Å². The Balaban J connectivity index is 1.79. The summed E-state index contributed by atoms with van der Waals surface area (Å²) in [5.74, 6) is 1.15. The van der Waals surface area contributed by atoms with Crippen molar-refractivity contribution in [2.75, 3.05) is 20.2 Å². The molecule has 5 heteroatoms. The highest BCUT2D eigenvalue weighted by Crippen LogP contribution is 2.22. The number of hydrogen-bond donors (Lipinski definition) is 1. The van der Waals surface area contributed by atoms with Gasteiger partial charge >= 0.3 is 0 Å². The fourth-order valence-corrected chi connectivity index (χ4v) is 2.98. The quantitative estimate of drug-likeness (QED) is 0.832. The zero-order valence-corrected chi connectivity index (χ0v) is 15.0. The van der Waals surface area contributed by atoms with Crippen LogP contribution in [0.2, 0.25) is 0 Å². The van der Waals surface area contributed by atoms with Crippen LogP contribution < -0.4 is 10.5 Å². The molecule has 1 aliphatic heterocycles. The molecule has 2 N–H and O–H groups in total. The Bertz CT molecular complexity index is 527. The van der Waals surface area contributed by atoms with Gasteiger partial charge in [-0.2, -0.15) is 0 Å². The minimum absolute atomic E-state index is 0.0764. The molecule has 0 aliphatic carbocycles. The number of carbonyl (C=O) groups excluding carboxylic acids is 1. The number of likely N-dealkylation sites (tertiary alicyclic amines) is 1. The van der Waals surface area contributed by atoms with Crippen molar-refractivity contribution in [3.63, 3.8) is 0 Å². The molecule has 0 radical (unpaired) electrons. The normalized spacial score (nSPS) is 18.2. The van der Waals surface area contributed by atoms with Crippen LogP contribution >= 0.6 is 0 Å². The molecule has 5 nitrogen and oxygen atoms in total. The van der Waals surface area contributed by atoms with E-state index >= 15 is 0 Å². The smallest absolute Gasteiger partial charge is 0.239 e. The van der Waals surface area contributed by atoms with Gasteiger partial charge in [-0.1, -0.05) is 38.5 Å². The van der Waals surface area contributed by atoms with E-state index in [4.69, 9.17) is 15.2 Å². The number of rotatable bonds is 7. The molecule has 2 unspecified atom stereocenters. The average molecular weight is 334 g/mol. The van der Waals surface area contributed by atoms with Gasteiger partial charge in [-0.15, -0.1) is 0 Å². The largest absolute Gasteiger partial charge is 0.496 e. The first-order valence-corrected chi connectivity index (χ1v) is 8.84. The Labute approximate surface area is 145 Å². The first-order chi connectivity index (χ1) is 11.6. The van der Waals surface area contributed by atoms with E-state index in [0.717, 1.165) is 43.7 Å². The minimum Gasteiger partial charge on any atom is -0.496 e. The Morgan fingerprint density at radius 3 is 2.62 bits per heavy atom. The average Bonchev–Trinajstić information content (AvgIpc) is 2.65. The molecule has 1 fully saturated rings. The molecule has 1 aromatic carbocycles. The molecule has 0 aromatic heterocycles. The van der Waals surface area contributed by atoms with Crippen LogP contribution in [0.15, 0.2) is 24.3 Å². The van der Waals surface area contributed by atoms with Gasteiger partial charge in [0.2, 0.25) is 5.91 Å². The van der Waals surface area contributed by atoms with E-state index in [1.54, 1.807) is 7.11 Å². The number of benzene rings is 1. The zero-order chi connectivity index (χ0) is 17.5. The molecule has 2 atom stereocenters. The fraction of sp³-hybridized carbons (Fsp3) is 0.632. The van der Waals surface area contributed by atoms with E-state index in [0.29, 0.717) is 6.61 Å². The van der Waals surface area contributed by atoms with Gasteiger partial charge < -0.3 is 20.1 Å². The van der Waals surface area contributed by atoms with Gasteiger partial charge in [-0.05, 0) is 24.8 Å². The number of nitrogens with two attached hydrogens (primary N) is 1. The van der Waals surface area contributed by atoms with Crippen LogP contribution in [0.25, 0.3) is 0 Å². The molecule has 0 bridgehead atoms. The first kappa shape index (κ1) is 18.7. The molecule has 1 aromatic rings. The van der Waals surface area contributed by atoms with Crippen molar-refractivity contribution in [3.05, 3.63) is 29.8 Å². The summed E-state index contributed by atoms with van der Waals surface area (Å²) in [7, 11) is 1.67. The van der Waals surface area contributed by atoms with Crippen LogP contribution in [0.1, 0.15) is 38.7 Å². The molecule has 1 aliphatic rings. The number of methoxy groups -OCH3 is 1. The number of piperidine rings is 1. The van der Waals surface area contributed by atoms with Crippen molar-refractivity contribution in [2.24, 2.45) is 11.7 Å². The molecule has 1 amide bonds. The van der Waals surface area contributed by atoms with Gasteiger partial charge in [0, 0.05) is 18.7 Å². The van der Waals surface area contributed by atoms with Gasteiger partial charge in [-0.3, -0.25) is 4.79 Å². The maximum atomic E-state index is 12.4. The summed E-state index contributed by atoms with van der Waals surface area (Å²) >= 11 is 0. The summed E-state index contributed by atoms with van der Waals surface area (Å²) in [5.41, 5.74) is 7.12. The lowest BCUT2D eigenvalue weighted by Crippen LogP contribution is -2.50. The van der Waals surface area contributed by atoms with E-state index in [-0.39, 0.29) is 24.0 Å². The van der Waals surface area contributed by atoms with Crippen LogP contribution in [0.5, 0.6) is 5.75 Å².